The van der Waals surface area contributed by atoms with E-state index in [9.17, 15) is 24.1 Å². The summed E-state index contributed by atoms with van der Waals surface area (Å²) < 4.78 is 26.1. The molecule has 0 N–H and O–H groups in total. The van der Waals surface area contributed by atoms with E-state index in [1.165, 1.54) is 24.3 Å². The topological polar surface area (TPSA) is 104 Å². The number of morpholine rings is 1. The van der Waals surface area contributed by atoms with Gasteiger partial charge >= 0.3 is 5.97 Å². The molecule has 0 saturated carbocycles. The smallest absolute Gasteiger partial charge is 0.340 e. The Morgan fingerprint density at radius 3 is 2.51 bits per heavy atom. The third-order valence-corrected chi connectivity index (χ3v) is 5.89. The first kappa shape index (κ1) is 24.1. The number of nitro benzene ring substituents is 1. The number of ether oxygens (including phenoxy) is 2. The zero-order valence-corrected chi connectivity index (χ0v) is 19.3. The van der Waals surface area contributed by atoms with E-state index >= 15 is 0 Å². The number of benzene rings is 2. The number of rotatable bonds is 7. The van der Waals surface area contributed by atoms with Crippen LogP contribution in [0.5, 0.6) is 0 Å². The van der Waals surface area contributed by atoms with E-state index in [2.05, 4.69) is 0 Å². The van der Waals surface area contributed by atoms with Gasteiger partial charge in [-0.15, -0.1) is 0 Å². The average molecular weight is 481 g/mol. The summed E-state index contributed by atoms with van der Waals surface area (Å²) in [5.74, 6) is -1.67. The molecule has 1 aromatic heterocycles. The number of halogens is 1. The molecule has 1 aliphatic heterocycles. The predicted molar refractivity (Wildman–Crippen MR) is 126 cm³/mol. The second kappa shape index (κ2) is 10.1. The van der Waals surface area contributed by atoms with Crippen molar-refractivity contribution in [2.45, 2.75) is 13.8 Å². The molecule has 0 bridgehead atoms. The SMILES string of the molecule is Cc1cc(C(=O)COC(=O)c2cc([N+](=O)[O-])ccc2N2CCOCC2)c(C)n1-c1cccc(F)c1. The third kappa shape index (κ3) is 5.07. The van der Waals surface area contributed by atoms with Crippen molar-refractivity contribution in [1.29, 1.82) is 0 Å². The minimum atomic E-state index is -0.831. The average Bonchev–Trinajstić information content (AvgIpc) is 3.16. The van der Waals surface area contributed by atoms with Gasteiger partial charge in [0.1, 0.15) is 5.82 Å². The normalized spacial score (nSPS) is 13.5. The summed E-state index contributed by atoms with van der Waals surface area (Å²) in [6, 6.07) is 11.7. The highest BCUT2D eigenvalue weighted by Gasteiger charge is 2.25. The zero-order valence-electron chi connectivity index (χ0n) is 19.3. The number of hydrogen-bond donors (Lipinski definition) is 0. The summed E-state index contributed by atoms with van der Waals surface area (Å²) >= 11 is 0. The van der Waals surface area contributed by atoms with Gasteiger partial charge in [0.2, 0.25) is 5.78 Å². The molecule has 2 aromatic carbocycles. The fourth-order valence-corrected chi connectivity index (χ4v) is 4.23. The van der Waals surface area contributed by atoms with Crippen LogP contribution in [0.4, 0.5) is 15.8 Å². The van der Waals surface area contributed by atoms with Crippen LogP contribution in [0.1, 0.15) is 32.1 Å². The Morgan fingerprint density at radius 2 is 1.83 bits per heavy atom. The minimum Gasteiger partial charge on any atom is -0.454 e. The third-order valence-electron chi connectivity index (χ3n) is 5.89. The Hall–Kier alpha value is -4.05. The number of anilines is 1. The van der Waals surface area contributed by atoms with E-state index in [-0.39, 0.29) is 11.3 Å². The van der Waals surface area contributed by atoms with Crippen LogP contribution in [0.2, 0.25) is 0 Å². The van der Waals surface area contributed by atoms with Crippen molar-refractivity contribution >= 4 is 23.1 Å². The molecule has 4 rings (SSSR count). The Kier molecular flexibility index (Phi) is 6.92. The molecule has 2 heterocycles. The van der Waals surface area contributed by atoms with E-state index in [0.29, 0.717) is 48.9 Å². The molecule has 1 aliphatic rings. The lowest BCUT2D eigenvalue weighted by atomic mass is 10.1. The number of non-ortho nitro benzene ring substituents is 1. The summed E-state index contributed by atoms with van der Waals surface area (Å²) in [4.78, 5) is 38.4. The standard InChI is InChI=1S/C25H24FN3O6/c1-16-12-21(17(2)28(16)19-5-3-4-18(26)13-19)24(30)15-35-25(31)22-14-20(29(32)33)6-7-23(22)27-8-10-34-11-9-27/h3-7,12-14H,8-11,15H2,1-2H3. The van der Waals surface area contributed by atoms with E-state index < -0.39 is 29.1 Å². The molecule has 182 valence electrons. The summed E-state index contributed by atoms with van der Waals surface area (Å²) in [7, 11) is 0. The van der Waals surface area contributed by atoms with Crippen molar-refractivity contribution in [2.75, 3.05) is 37.8 Å². The van der Waals surface area contributed by atoms with E-state index in [4.69, 9.17) is 9.47 Å². The highest BCUT2D eigenvalue weighted by Crippen LogP contribution is 2.28. The molecule has 9 nitrogen and oxygen atoms in total. The molecule has 1 fully saturated rings. The predicted octanol–water partition coefficient (Wildman–Crippen LogP) is 4.02. The number of aryl methyl sites for hydroxylation is 1. The van der Waals surface area contributed by atoms with Crippen molar-refractivity contribution in [3.05, 3.63) is 87.0 Å². The molecule has 0 unspecified atom stereocenters. The van der Waals surface area contributed by atoms with Gasteiger partial charge in [0.05, 0.1) is 29.4 Å². The van der Waals surface area contributed by atoms with Crippen LogP contribution in [0.15, 0.2) is 48.5 Å². The maximum absolute atomic E-state index is 13.7. The van der Waals surface area contributed by atoms with Gasteiger partial charge in [-0.1, -0.05) is 6.07 Å². The number of nitro groups is 1. The van der Waals surface area contributed by atoms with Gasteiger partial charge in [0, 0.05) is 47.9 Å². The molecule has 0 aliphatic carbocycles. The van der Waals surface area contributed by atoms with Gasteiger partial charge in [-0.2, -0.15) is 0 Å². The first-order chi connectivity index (χ1) is 16.8. The van der Waals surface area contributed by atoms with Crippen molar-refractivity contribution in [1.82, 2.24) is 4.57 Å². The van der Waals surface area contributed by atoms with Crippen LogP contribution in [0.3, 0.4) is 0 Å². The summed E-state index contributed by atoms with van der Waals surface area (Å²) in [6.07, 6.45) is 0. The molecule has 0 amide bonds. The molecule has 0 atom stereocenters. The molecule has 1 saturated heterocycles. The highest BCUT2D eigenvalue weighted by molar-refractivity contribution is 6.02. The van der Waals surface area contributed by atoms with Crippen LogP contribution in [-0.4, -0.2) is 54.2 Å². The van der Waals surface area contributed by atoms with Crippen molar-refractivity contribution in [2.24, 2.45) is 0 Å². The molecule has 10 heteroatoms. The number of esters is 1. The largest absolute Gasteiger partial charge is 0.454 e. The summed E-state index contributed by atoms with van der Waals surface area (Å²) in [5, 5.41) is 11.3. The molecule has 0 spiro atoms. The van der Waals surface area contributed by atoms with Gasteiger partial charge in [0.15, 0.2) is 6.61 Å². The van der Waals surface area contributed by atoms with Gasteiger partial charge in [-0.3, -0.25) is 14.9 Å². The number of carbonyl (C=O) groups excluding carboxylic acids is 2. The van der Waals surface area contributed by atoms with Crippen LogP contribution >= 0.6 is 0 Å². The maximum atomic E-state index is 13.7. The van der Waals surface area contributed by atoms with Gasteiger partial charge < -0.3 is 18.9 Å². The fraction of sp³-hybridized carbons (Fsp3) is 0.280. The number of hydrogen-bond acceptors (Lipinski definition) is 7. The van der Waals surface area contributed by atoms with Gasteiger partial charge in [0.25, 0.3) is 5.69 Å². The minimum absolute atomic E-state index is 0.0131. The monoisotopic (exact) mass is 481 g/mol. The van der Waals surface area contributed by atoms with Crippen molar-refractivity contribution in [3.63, 3.8) is 0 Å². The second-order valence-corrected chi connectivity index (χ2v) is 8.16. The first-order valence-corrected chi connectivity index (χ1v) is 11.0. The zero-order chi connectivity index (χ0) is 25.1. The lowest BCUT2D eigenvalue weighted by Gasteiger charge is -2.30. The van der Waals surface area contributed by atoms with Gasteiger partial charge in [-0.05, 0) is 44.2 Å². The first-order valence-electron chi connectivity index (χ1n) is 11.0. The Morgan fingerprint density at radius 1 is 1.09 bits per heavy atom. The number of carbonyl (C=O) groups is 2. The summed E-state index contributed by atoms with van der Waals surface area (Å²) in [5.41, 5.74) is 2.46. The van der Waals surface area contributed by atoms with Crippen LogP contribution in [0.25, 0.3) is 5.69 Å². The molecular weight excluding hydrogens is 457 g/mol. The molecular formula is C25H24FN3O6. The van der Waals surface area contributed by atoms with Crippen molar-refractivity contribution < 1.29 is 28.4 Å². The Balaban J connectivity index is 1.55. The number of Topliss-reactive ketones (excluding diaryl/α,β-unsaturated/α-hetero) is 1. The number of aromatic nitrogens is 1. The Labute approximate surface area is 200 Å². The van der Waals surface area contributed by atoms with E-state index in [0.717, 1.165) is 11.8 Å². The number of ketones is 1. The van der Waals surface area contributed by atoms with Crippen LogP contribution < -0.4 is 4.90 Å². The van der Waals surface area contributed by atoms with E-state index in [1.807, 2.05) is 4.90 Å². The van der Waals surface area contributed by atoms with Gasteiger partial charge in [-0.25, -0.2) is 9.18 Å². The quantitative estimate of drug-likeness (QED) is 0.217. The second-order valence-electron chi connectivity index (χ2n) is 8.16. The highest BCUT2D eigenvalue weighted by atomic mass is 19.1. The van der Waals surface area contributed by atoms with Crippen LogP contribution in [-0.2, 0) is 9.47 Å². The van der Waals surface area contributed by atoms with E-state index in [1.54, 1.807) is 36.6 Å². The maximum Gasteiger partial charge on any atom is 0.340 e. The number of nitrogens with zero attached hydrogens (tertiary/aromatic N) is 3. The molecule has 3 aromatic rings. The molecule has 35 heavy (non-hydrogen) atoms. The molecule has 0 radical (unpaired) electrons. The summed E-state index contributed by atoms with van der Waals surface area (Å²) in [6.45, 7) is 4.93. The lowest BCUT2D eigenvalue weighted by Crippen LogP contribution is -2.37. The van der Waals surface area contributed by atoms with Crippen molar-refractivity contribution in [3.8, 4) is 5.69 Å². The Bertz CT molecular complexity index is 1300. The lowest BCUT2D eigenvalue weighted by molar-refractivity contribution is -0.384. The fourth-order valence-electron chi connectivity index (χ4n) is 4.23. The van der Waals surface area contributed by atoms with Crippen LogP contribution in [0, 0.1) is 29.8 Å².